The molecule has 0 saturated carbocycles. The van der Waals surface area contributed by atoms with Crippen LogP contribution in [0.4, 0.5) is 0 Å². The smallest absolute Gasteiger partial charge is 0.254 e. The average Bonchev–Trinajstić information content (AvgIpc) is 3.07. The predicted octanol–water partition coefficient (Wildman–Crippen LogP) is 1.29. The first-order chi connectivity index (χ1) is 12.1. The number of nitrogens with zero attached hydrogens (tertiary/aromatic N) is 5. The summed E-state index contributed by atoms with van der Waals surface area (Å²) in [6.45, 7) is 1.47. The van der Waals surface area contributed by atoms with Crippen LogP contribution in [0.25, 0.3) is 0 Å². The molecule has 0 N–H and O–H groups in total. The largest absolute Gasteiger partial charge is 0.341 e. The summed E-state index contributed by atoms with van der Waals surface area (Å²) < 4.78 is 1.94. The molecule has 7 nitrogen and oxygen atoms in total. The van der Waals surface area contributed by atoms with Gasteiger partial charge >= 0.3 is 0 Å². The van der Waals surface area contributed by atoms with Crippen LogP contribution in [0.1, 0.15) is 34.9 Å². The highest BCUT2D eigenvalue weighted by molar-refractivity contribution is 5.96. The minimum absolute atomic E-state index is 0.0109. The van der Waals surface area contributed by atoms with Crippen molar-refractivity contribution in [1.29, 1.82) is 0 Å². The van der Waals surface area contributed by atoms with Crippen molar-refractivity contribution in [1.82, 2.24) is 24.6 Å². The minimum Gasteiger partial charge on any atom is -0.341 e. The van der Waals surface area contributed by atoms with Crippen molar-refractivity contribution < 1.29 is 9.59 Å². The van der Waals surface area contributed by atoms with Crippen molar-refractivity contribution in [2.75, 3.05) is 26.7 Å². The average molecular weight is 341 g/mol. The Labute approximate surface area is 147 Å². The summed E-state index contributed by atoms with van der Waals surface area (Å²) in [6, 6.07) is 9.02. The van der Waals surface area contributed by atoms with Gasteiger partial charge in [-0.15, -0.1) is 10.2 Å². The molecule has 2 amide bonds. The van der Waals surface area contributed by atoms with Crippen LogP contribution in [0.15, 0.2) is 36.7 Å². The van der Waals surface area contributed by atoms with Gasteiger partial charge in [-0.05, 0) is 25.0 Å². The van der Waals surface area contributed by atoms with Gasteiger partial charge in [0.05, 0.1) is 6.54 Å². The number of aryl methyl sites for hydroxylation is 1. The lowest BCUT2D eigenvalue weighted by molar-refractivity contribution is -0.132. The van der Waals surface area contributed by atoms with Gasteiger partial charge in [-0.3, -0.25) is 9.59 Å². The fourth-order valence-corrected chi connectivity index (χ4v) is 3.22. The van der Waals surface area contributed by atoms with E-state index in [1.54, 1.807) is 25.5 Å². The van der Waals surface area contributed by atoms with Gasteiger partial charge in [0.1, 0.15) is 12.2 Å². The third kappa shape index (κ3) is 3.87. The Bertz CT molecular complexity index is 735. The predicted molar refractivity (Wildman–Crippen MR) is 93.0 cm³/mol. The summed E-state index contributed by atoms with van der Waals surface area (Å²) >= 11 is 0. The molecule has 0 unspecified atom stereocenters. The number of piperidine rings is 1. The lowest BCUT2D eigenvalue weighted by atomic mass is 9.96. The first-order valence-corrected chi connectivity index (χ1v) is 8.48. The van der Waals surface area contributed by atoms with Gasteiger partial charge in [0, 0.05) is 38.7 Å². The molecular formula is C18H23N5O2. The maximum Gasteiger partial charge on any atom is 0.254 e. The highest BCUT2D eigenvalue weighted by atomic mass is 16.2. The zero-order chi connectivity index (χ0) is 17.8. The van der Waals surface area contributed by atoms with Crippen molar-refractivity contribution in [3.8, 4) is 0 Å². The molecular weight excluding hydrogens is 318 g/mol. The van der Waals surface area contributed by atoms with Crippen LogP contribution in [0.5, 0.6) is 0 Å². The van der Waals surface area contributed by atoms with Crippen molar-refractivity contribution in [2.24, 2.45) is 7.05 Å². The highest BCUT2D eigenvalue weighted by Gasteiger charge is 2.27. The molecule has 0 aliphatic carbocycles. The van der Waals surface area contributed by atoms with E-state index < -0.39 is 0 Å². The van der Waals surface area contributed by atoms with Crippen molar-refractivity contribution >= 4 is 11.8 Å². The van der Waals surface area contributed by atoms with Crippen molar-refractivity contribution in [3.05, 3.63) is 48.0 Å². The summed E-state index contributed by atoms with van der Waals surface area (Å²) in [5.74, 6) is 1.16. The number of benzene rings is 1. The number of amides is 2. The Kier molecular flexibility index (Phi) is 5.11. The third-order valence-electron chi connectivity index (χ3n) is 4.70. The molecule has 25 heavy (non-hydrogen) atoms. The molecule has 1 aliphatic heterocycles. The van der Waals surface area contributed by atoms with E-state index in [0.29, 0.717) is 24.6 Å². The normalized spacial score (nSPS) is 15.2. The van der Waals surface area contributed by atoms with E-state index >= 15 is 0 Å². The zero-order valence-electron chi connectivity index (χ0n) is 14.6. The standard InChI is InChI=1S/C18H23N5O2/c1-21(18(25)15-6-4-3-5-7-15)12-16(24)23-10-8-14(9-11-23)17-20-19-13-22(17)2/h3-7,13-14H,8-12H2,1-2H3. The van der Waals surface area contributed by atoms with Gasteiger partial charge in [-0.25, -0.2) is 0 Å². The highest BCUT2D eigenvalue weighted by Crippen LogP contribution is 2.26. The van der Waals surface area contributed by atoms with E-state index in [1.807, 2.05) is 34.7 Å². The van der Waals surface area contributed by atoms with Crippen LogP contribution in [-0.2, 0) is 11.8 Å². The number of aromatic nitrogens is 3. The molecule has 1 aliphatic rings. The first-order valence-electron chi connectivity index (χ1n) is 8.48. The molecule has 1 aromatic heterocycles. The van der Waals surface area contributed by atoms with E-state index in [4.69, 9.17) is 0 Å². The molecule has 1 saturated heterocycles. The molecule has 7 heteroatoms. The molecule has 0 spiro atoms. The van der Waals surface area contributed by atoms with Crippen LogP contribution in [0.2, 0.25) is 0 Å². The molecule has 132 valence electrons. The molecule has 2 heterocycles. The summed E-state index contributed by atoms with van der Waals surface area (Å²) in [7, 11) is 3.61. The van der Waals surface area contributed by atoms with E-state index in [0.717, 1.165) is 18.7 Å². The molecule has 0 atom stereocenters. The maximum absolute atomic E-state index is 12.5. The summed E-state index contributed by atoms with van der Waals surface area (Å²) in [5, 5.41) is 8.10. The van der Waals surface area contributed by atoms with E-state index in [-0.39, 0.29) is 18.4 Å². The quantitative estimate of drug-likeness (QED) is 0.840. The van der Waals surface area contributed by atoms with Crippen LogP contribution in [0.3, 0.4) is 0 Å². The van der Waals surface area contributed by atoms with E-state index in [2.05, 4.69) is 10.2 Å². The van der Waals surface area contributed by atoms with Gasteiger partial charge in [-0.1, -0.05) is 18.2 Å². The number of likely N-dealkylation sites (tertiary alicyclic amines) is 1. The number of carbonyl (C=O) groups is 2. The lowest BCUT2D eigenvalue weighted by Crippen LogP contribution is -2.44. The Morgan fingerprint density at radius 1 is 1.20 bits per heavy atom. The molecule has 0 radical (unpaired) electrons. The summed E-state index contributed by atoms with van der Waals surface area (Å²) in [4.78, 5) is 28.2. The van der Waals surface area contributed by atoms with E-state index in [9.17, 15) is 9.59 Å². The number of rotatable bonds is 4. The van der Waals surface area contributed by atoms with Gasteiger partial charge < -0.3 is 14.4 Å². The van der Waals surface area contributed by atoms with Crippen LogP contribution in [-0.4, -0.2) is 63.1 Å². The van der Waals surface area contributed by atoms with Gasteiger partial charge in [0.2, 0.25) is 5.91 Å². The number of hydrogen-bond acceptors (Lipinski definition) is 4. The monoisotopic (exact) mass is 341 g/mol. The number of hydrogen-bond donors (Lipinski definition) is 0. The fourth-order valence-electron chi connectivity index (χ4n) is 3.22. The lowest BCUT2D eigenvalue weighted by Gasteiger charge is -2.32. The van der Waals surface area contributed by atoms with Crippen LogP contribution < -0.4 is 0 Å². The van der Waals surface area contributed by atoms with E-state index in [1.165, 1.54) is 4.90 Å². The Morgan fingerprint density at radius 3 is 2.48 bits per heavy atom. The molecule has 1 aromatic carbocycles. The zero-order valence-corrected chi connectivity index (χ0v) is 14.6. The first kappa shape index (κ1) is 17.1. The number of likely N-dealkylation sites (N-methyl/N-ethyl adjacent to an activating group) is 1. The maximum atomic E-state index is 12.5. The Morgan fingerprint density at radius 2 is 1.88 bits per heavy atom. The van der Waals surface area contributed by atoms with Crippen LogP contribution >= 0.6 is 0 Å². The second kappa shape index (κ2) is 7.46. The summed E-state index contributed by atoms with van der Waals surface area (Å²) in [5.41, 5.74) is 0.596. The third-order valence-corrected chi connectivity index (χ3v) is 4.70. The molecule has 1 fully saturated rings. The molecule has 3 rings (SSSR count). The minimum atomic E-state index is -0.136. The second-order valence-corrected chi connectivity index (χ2v) is 6.48. The van der Waals surface area contributed by atoms with Gasteiger partial charge in [0.15, 0.2) is 0 Å². The number of carbonyl (C=O) groups excluding carboxylic acids is 2. The van der Waals surface area contributed by atoms with Gasteiger partial charge in [0.25, 0.3) is 5.91 Å². The van der Waals surface area contributed by atoms with Crippen molar-refractivity contribution in [2.45, 2.75) is 18.8 Å². The van der Waals surface area contributed by atoms with Crippen molar-refractivity contribution in [3.63, 3.8) is 0 Å². The SMILES string of the molecule is CN(CC(=O)N1CCC(c2nncn2C)CC1)C(=O)c1ccccc1. The Balaban J connectivity index is 1.53. The second-order valence-electron chi connectivity index (χ2n) is 6.48. The topological polar surface area (TPSA) is 71.3 Å². The van der Waals surface area contributed by atoms with Crippen LogP contribution in [0, 0.1) is 0 Å². The fraction of sp³-hybridized carbons (Fsp3) is 0.444. The Hall–Kier alpha value is -2.70. The van der Waals surface area contributed by atoms with Gasteiger partial charge in [-0.2, -0.15) is 0 Å². The summed E-state index contributed by atoms with van der Waals surface area (Å²) in [6.07, 6.45) is 3.44. The molecule has 0 bridgehead atoms. The molecule has 2 aromatic rings.